The molecule has 118 valence electrons. The van der Waals surface area contributed by atoms with Crippen molar-refractivity contribution in [3.63, 3.8) is 0 Å². The maximum atomic E-state index is 12.7. The van der Waals surface area contributed by atoms with E-state index in [9.17, 15) is 14.7 Å². The molecule has 5 nitrogen and oxygen atoms in total. The highest BCUT2D eigenvalue weighted by atomic mass is 16.3. The molecule has 0 radical (unpaired) electrons. The lowest BCUT2D eigenvalue weighted by molar-refractivity contribution is -0.136. The normalized spacial score (nSPS) is 25.3. The largest absolute Gasteiger partial charge is 0.391 e. The summed E-state index contributed by atoms with van der Waals surface area (Å²) >= 11 is 0. The lowest BCUT2D eigenvalue weighted by atomic mass is 9.99. The van der Waals surface area contributed by atoms with Crippen molar-refractivity contribution in [1.29, 1.82) is 0 Å². The Morgan fingerprint density at radius 3 is 2.50 bits per heavy atom. The van der Waals surface area contributed by atoms with Gasteiger partial charge in [-0.2, -0.15) is 0 Å². The van der Waals surface area contributed by atoms with Crippen LogP contribution in [0.5, 0.6) is 0 Å². The number of piperidine rings is 1. The van der Waals surface area contributed by atoms with Gasteiger partial charge in [0, 0.05) is 25.2 Å². The van der Waals surface area contributed by atoms with E-state index in [0.29, 0.717) is 38.0 Å². The maximum Gasteiger partial charge on any atom is 0.254 e. The van der Waals surface area contributed by atoms with Crippen LogP contribution >= 0.6 is 0 Å². The average Bonchev–Trinajstić information content (AvgIpc) is 3.01. The van der Waals surface area contributed by atoms with Crippen LogP contribution in [-0.4, -0.2) is 58.5 Å². The molecule has 22 heavy (non-hydrogen) atoms. The van der Waals surface area contributed by atoms with Crippen molar-refractivity contribution in [2.45, 2.75) is 37.8 Å². The Balaban J connectivity index is 1.76. The summed E-state index contributed by atoms with van der Waals surface area (Å²) in [5, 5.41) is 9.63. The molecule has 1 aromatic carbocycles. The van der Waals surface area contributed by atoms with Crippen LogP contribution in [0, 0.1) is 0 Å². The van der Waals surface area contributed by atoms with Gasteiger partial charge in [-0.05, 0) is 37.8 Å². The predicted molar refractivity (Wildman–Crippen MR) is 82.3 cm³/mol. The van der Waals surface area contributed by atoms with Crippen molar-refractivity contribution >= 4 is 11.8 Å². The molecule has 2 amide bonds. The van der Waals surface area contributed by atoms with Crippen LogP contribution in [0.15, 0.2) is 30.3 Å². The molecule has 2 atom stereocenters. The number of amides is 2. The van der Waals surface area contributed by atoms with Gasteiger partial charge in [-0.25, -0.2) is 0 Å². The molecule has 1 N–H and O–H groups in total. The lowest BCUT2D eigenvalue weighted by Crippen LogP contribution is -2.52. The van der Waals surface area contributed by atoms with E-state index in [4.69, 9.17) is 0 Å². The summed E-state index contributed by atoms with van der Waals surface area (Å²) in [4.78, 5) is 28.8. The summed E-state index contributed by atoms with van der Waals surface area (Å²) < 4.78 is 0. The van der Waals surface area contributed by atoms with Crippen molar-refractivity contribution in [2.75, 3.05) is 19.6 Å². The van der Waals surface area contributed by atoms with E-state index < -0.39 is 6.10 Å². The first-order valence-corrected chi connectivity index (χ1v) is 7.99. The second-order valence-electron chi connectivity index (χ2n) is 6.10. The molecule has 2 aliphatic rings. The molecule has 3 rings (SSSR count). The Kier molecular flexibility index (Phi) is 4.43. The number of nitrogens with zero attached hydrogens (tertiary/aromatic N) is 2. The van der Waals surface area contributed by atoms with Gasteiger partial charge in [0.1, 0.15) is 6.04 Å². The maximum absolute atomic E-state index is 12.7. The Labute approximate surface area is 130 Å². The molecule has 0 aliphatic carbocycles. The molecule has 2 saturated heterocycles. The number of β-amino-alcohol motifs (C(OH)–C–C–N with tert-alkyl or cyclic N) is 1. The molecule has 1 aromatic rings. The van der Waals surface area contributed by atoms with Crippen molar-refractivity contribution in [3.05, 3.63) is 35.9 Å². The van der Waals surface area contributed by atoms with E-state index in [1.807, 2.05) is 18.2 Å². The molecule has 1 unspecified atom stereocenters. The van der Waals surface area contributed by atoms with Gasteiger partial charge in [0.2, 0.25) is 5.91 Å². The molecular formula is C17H22N2O3. The van der Waals surface area contributed by atoms with E-state index in [1.165, 1.54) is 0 Å². The Hall–Kier alpha value is -1.88. The van der Waals surface area contributed by atoms with Crippen LogP contribution in [0.2, 0.25) is 0 Å². The second-order valence-corrected chi connectivity index (χ2v) is 6.10. The van der Waals surface area contributed by atoms with Crippen LogP contribution in [0.3, 0.4) is 0 Å². The molecular weight excluding hydrogens is 280 g/mol. The predicted octanol–water partition coefficient (Wildman–Crippen LogP) is 1.27. The SMILES string of the molecule is O=C(C1CCCCN1C(=O)c1ccccc1)N1CC[C@@H](O)C1. The highest BCUT2D eigenvalue weighted by Gasteiger charge is 2.37. The number of hydrogen-bond donors (Lipinski definition) is 1. The zero-order valence-corrected chi connectivity index (χ0v) is 12.6. The Morgan fingerprint density at radius 1 is 1.05 bits per heavy atom. The number of benzene rings is 1. The van der Waals surface area contributed by atoms with Crippen LogP contribution in [-0.2, 0) is 4.79 Å². The minimum atomic E-state index is -0.425. The summed E-state index contributed by atoms with van der Waals surface area (Å²) in [5.41, 5.74) is 0.628. The van der Waals surface area contributed by atoms with Gasteiger partial charge in [0.05, 0.1) is 6.10 Å². The third-order valence-electron chi connectivity index (χ3n) is 4.54. The molecule has 2 heterocycles. The number of carbonyl (C=O) groups is 2. The first-order valence-electron chi connectivity index (χ1n) is 7.99. The standard InChI is InChI=1S/C17H22N2O3/c20-14-9-11-18(12-14)17(22)15-8-4-5-10-19(15)16(21)13-6-2-1-3-7-13/h1-3,6-7,14-15,20H,4-5,8-12H2/t14-,15?/m1/s1. The molecule has 0 saturated carbocycles. The monoisotopic (exact) mass is 302 g/mol. The van der Waals surface area contributed by atoms with Gasteiger partial charge in [-0.1, -0.05) is 18.2 Å². The zero-order valence-electron chi connectivity index (χ0n) is 12.6. The van der Waals surface area contributed by atoms with Gasteiger partial charge < -0.3 is 14.9 Å². The first kappa shape index (κ1) is 15.0. The highest BCUT2D eigenvalue weighted by molar-refractivity contribution is 5.97. The molecule has 2 fully saturated rings. The van der Waals surface area contributed by atoms with Gasteiger partial charge in [-0.3, -0.25) is 9.59 Å². The Bertz CT molecular complexity index is 546. The van der Waals surface area contributed by atoms with E-state index in [1.54, 1.807) is 21.9 Å². The fraction of sp³-hybridized carbons (Fsp3) is 0.529. The van der Waals surface area contributed by atoms with Gasteiger partial charge >= 0.3 is 0 Å². The number of likely N-dealkylation sites (tertiary alicyclic amines) is 2. The number of carbonyl (C=O) groups excluding carboxylic acids is 2. The fourth-order valence-corrected chi connectivity index (χ4v) is 3.33. The fourth-order valence-electron chi connectivity index (χ4n) is 3.33. The average molecular weight is 302 g/mol. The molecule has 0 aromatic heterocycles. The number of aliphatic hydroxyl groups excluding tert-OH is 1. The van der Waals surface area contributed by atoms with E-state index in [0.717, 1.165) is 12.8 Å². The van der Waals surface area contributed by atoms with Crippen molar-refractivity contribution in [2.24, 2.45) is 0 Å². The minimum absolute atomic E-state index is 0.0134. The number of hydrogen-bond acceptors (Lipinski definition) is 3. The molecule has 5 heteroatoms. The van der Waals surface area contributed by atoms with Gasteiger partial charge in [0.25, 0.3) is 5.91 Å². The summed E-state index contributed by atoms with van der Waals surface area (Å²) in [7, 11) is 0. The van der Waals surface area contributed by atoms with Gasteiger partial charge in [-0.15, -0.1) is 0 Å². The summed E-state index contributed by atoms with van der Waals surface area (Å²) in [5.74, 6) is -0.0843. The van der Waals surface area contributed by atoms with E-state index >= 15 is 0 Å². The van der Waals surface area contributed by atoms with Crippen LogP contribution in [0.25, 0.3) is 0 Å². The van der Waals surface area contributed by atoms with Gasteiger partial charge in [0.15, 0.2) is 0 Å². The Morgan fingerprint density at radius 2 is 1.82 bits per heavy atom. The quantitative estimate of drug-likeness (QED) is 0.895. The van der Waals surface area contributed by atoms with E-state index in [-0.39, 0.29) is 17.9 Å². The third-order valence-corrected chi connectivity index (χ3v) is 4.54. The van der Waals surface area contributed by atoms with Crippen LogP contribution in [0.1, 0.15) is 36.0 Å². The second kappa shape index (κ2) is 6.48. The lowest BCUT2D eigenvalue weighted by Gasteiger charge is -2.36. The highest BCUT2D eigenvalue weighted by Crippen LogP contribution is 2.23. The molecule has 0 bridgehead atoms. The summed E-state index contributed by atoms with van der Waals surface area (Å²) in [6.07, 6.45) is 2.82. The van der Waals surface area contributed by atoms with Crippen molar-refractivity contribution in [1.82, 2.24) is 9.80 Å². The first-order chi connectivity index (χ1) is 10.7. The topological polar surface area (TPSA) is 60.9 Å². The number of rotatable bonds is 2. The zero-order chi connectivity index (χ0) is 15.5. The van der Waals surface area contributed by atoms with E-state index in [2.05, 4.69) is 0 Å². The molecule has 2 aliphatic heterocycles. The third kappa shape index (κ3) is 2.99. The smallest absolute Gasteiger partial charge is 0.254 e. The number of aliphatic hydroxyl groups is 1. The van der Waals surface area contributed by atoms with Crippen molar-refractivity contribution < 1.29 is 14.7 Å². The minimum Gasteiger partial charge on any atom is -0.391 e. The molecule has 0 spiro atoms. The van der Waals surface area contributed by atoms with Crippen molar-refractivity contribution in [3.8, 4) is 0 Å². The van der Waals surface area contributed by atoms with Crippen LogP contribution < -0.4 is 0 Å². The summed E-state index contributed by atoms with van der Waals surface area (Å²) in [6, 6.07) is 8.75. The van der Waals surface area contributed by atoms with Crippen LogP contribution in [0.4, 0.5) is 0 Å². The summed E-state index contributed by atoms with van der Waals surface area (Å²) in [6.45, 7) is 1.60.